The molecule has 2 aromatic rings. The lowest BCUT2D eigenvalue weighted by Crippen LogP contribution is -2.00. The van der Waals surface area contributed by atoms with Gasteiger partial charge in [-0.1, -0.05) is 12.1 Å². The molecule has 0 atom stereocenters. The summed E-state index contributed by atoms with van der Waals surface area (Å²) < 4.78 is 33.0. The van der Waals surface area contributed by atoms with Gasteiger partial charge in [-0.15, -0.1) is 0 Å². The highest BCUT2D eigenvalue weighted by Gasteiger charge is 2.11. The van der Waals surface area contributed by atoms with Crippen LogP contribution in [-0.4, -0.2) is 18.1 Å². The Hall–Kier alpha value is -1.79. The molecule has 0 spiro atoms. The summed E-state index contributed by atoms with van der Waals surface area (Å²) in [4.78, 5) is -0.382. The fourth-order valence-electron chi connectivity index (χ4n) is 1.61. The van der Waals surface area contributed by atoms with Gasteiger partial charge in [-0.25, -0.2) is 8.42 Å². The predicted octanol–water partition coefficient (Wildman–Crippen LogP) is 1.03. The van der Waals surface area contributed by atoms with E-state index in [0.717, 1.165) is 6.07 Å². The Morgan fingerprint density at radius 1 is 1.19 bits per heavy atom. The Kier molecular flexibility index (Phi) is 2.25. The summed E-state index contributed by atoms with van der Waals surface area (Å²) in [5.74, 6) is -0.152. The first kappa shape index (κ1) is 10.7. The number of hydrogen-bond donors (Lipinski definition) is 2. The fourth-order valence-corrected chi connectivity index (χ4v) is 2.28. The van der Waals surface area contributed by atoms with E-state index in [9.17, 15) is 18.1 Å². The lowest BCUT2D eigenvalue weighted by Gasteiger charge is -2.12. The van der Waals surface area contributed by atoms with E-state index < -0.39 is 10.1 Å². The SMILES string of the molecule is Nc1ccc(S(=O)(=O)[O-])c2cccc(O)c12. The third-order valence-corrected chi connectivity index (χ3v) is 3.17. The van der Waals surface area contributed by atoms with Gasteiger partial charge in [0.2, 0.25) is 0 Å². The van der Waals surface area contributed by atoms with E-state index in [1.165, 1.54) is 24.3 Å². The number of fused-ring (bicyclic) bond motifs is 1. The number of aromatic hydroxyl groups is 1. The minimum Gasteiger partial charge on any atom is -0.744 e. The van der Waals surface area contributed by atoms with Gasteiger partial charge in [0.05, 0.1) is 4.90 Å². The molecule has 0 fully saturated rings. The lowest BCUT2D eigenvalue weighted by atomic mass is 10.1. The van der Waals surface area contributed by atoms with Crippen LogP contribution in [0.1, 0.15) is 0 Å². The third kappa shape index (κ3) is 1.58. The molecule has 0 aliphatic carbocycles. The maximum Gasteiger partial charge on any atom is 0.125 e. The number of anilines is 1. The first-order chi connectivity index (χ1) is 7.41. The molecule has 0 radical (unpaired) electrons. The van der Waals surface area contributed by atoms with Crippen molar-refractivity contribution in [2.75, 3.05) is 5.73 Å². The van der Waals surface area contributed by atoms with E-state index in [2.05, 4.69) is 0 Å². The Bertz CT molecular complexity index is 656. The summed E-state index contributed by atoms with van der Waals surface area (Å²) >= 11 is 0. The van der Waals surface area contributed by atoms with E-state index in [0.29, 0.717) is 0 Å². The molecule has 2 rings (SSSR count). The van der Waals surface area contributed by atoms with E-state index in [4.69, 9.17) is 5.73 Å². The number of nitrogens with two attached hydrogens (primary N) is 1. The second-order valence-electron chi connectivity index (χ2n) is 3.31. The molecule has 16 heavy (non-hydrogen) atoms. The molecule has 0 aliphatic heterocycles. The molecule has 2 aromatic carbocycles. The second-order valence-corrected chi connectivity index (χ2v) is 4.65. The van der Waals surface area contributed by atoms with Crippen LogP contribution in [0.5, 0.6) is 5.75 Å². The zero-order valence-electron chi connectivity index (χ0n) is 8.04. The van der Waals surface area contributed by atoms with Crippen LogP contribution < -0.4 is 5.73 Å². The normalized spacial score (nSPS) is 11.8. The topological polar surface area (TPSA) is 103 Å². The monoisotopic (exact) mass is 238 g/mol. The molecular weight excluding hydrogens is 230 g/mol. The van der Waals surface area contributed by atoms with Crippen LogP contribution in [0.4, 0.5) is 5.69 Å². The quantitative estimate of drug-likeness (QED) is 0.570. The number of benzene rings is 2. The van der Waals surface area contributed by atoms with Gasteiger partial charge in [0.1, 0.15) is 15.9 Å². The van der Waals surface area contributed by atoms with Gasteiger partial charge in [0.15, 0.2) is 0 Å². The van der Waals surface area contributed by atoms with Crippen LogP contribution >= 0.6 is 0 Å². The van der Waals surface area contributed by atoms with Gasteiger partial charge in [-0.05, 0) is 18.2 Å². The maximum absolute atomic E-state index is 11.0. The van der Waals surface area contributed by atoms with Crippen LogP contribution in [0.2, 0.25) is 0 Å². The van der Waals surface area contributed by atoms with Gasteiger partial charge >= 0.3 is 0 Å². The van der Waals surface area contributed by atoms with E-state index >= 15 is 0 Å². The smallest absolute Gasteiger partial charge is 0.125 e. The van der Waals surface area contributed by atoms with Crippen LogP contribution in [0, 0.1) is 0 Å². The molecule has 6 heteroatoms. The number of nitrogen functional groups attached to an aromatic ring is 1. The fraction of sp³-hybridized carbons (Fsp3) is 0. The summed E-state index contributed by atoms with van der Waals surface area (Å²) in [6, 6.07) is 6.67. The minimum absolute atomic E-state index is 0.134. The van der Waals surface area contributed by atoms with Crippen molar-refractivity contribution in [2.45, 2.75) is 4.90 Å². The third-order valence-electron chi connectivity index (χ3n) is 2.28. The van der Waals surface area contributed by atoms with Gasteiger partial charge in [-0.2, -0.15) is 0 Å². The van der Waals surface area contributed by atoms with Crippen molar-refractivity contribution in [1.29, 1.82) is 0 Å². The van der Waals surface area contributed by atoms with Gasteiger partial charge in [-0.3, -0.25) is 0 Å². The Morgan fingerprint density at radius 3 is 2.50 bits per heavy atom. The molecule has 0 heterocycles. The molecule has 5 nitrogen and oxygen atoms in total. The molecule has 0 aromatic heterocycles. The van der Waals surface area contributed by atoms with Crippen molar-refractivity contribution >= 4 is 26.6 Å². The molecule has 3 N–H and O–H groups in total. The van der Waals surface area contributed by atoms with Gasteiger partial charge < -0.3 is 15.4 Å². The van der Waals surface area contributed by atoms with Crippen molar-refractivity contribution in [3.63, 3.8) is 0 Å². The summed E-state index contributed by atoms with van der Waals surface area (Å²) in [5.41, 5.74) is 5.84. The highest BCUT2D eigenvalue weighted by Crippen LogP contribution is 2.33. The second kappa shape index (κ2) is 3.36. The summed E-state index contributed by atoms with van der Waals surface area (Å²) in [6.45, 7) is 0. The molecule has 84 valence electrons. The zero-order valence-corrected chi connectivity index (χ0v) is 8.86. The molecule has 0 saturated carbocycles. The number of phenols is 1. The maximum atomic E-state index is 11.0. The Labute approximate surface area is 91.9 Å². The molecule has 0 aliphatic rings. The van der Waals surface area contributed by atoms with Crippen molar-refractivity contribution in [3.8, 4) is 5.75 Å². The van der Waals surface area contributed by atoms with Crippen LogP contribution in [0.25, 0.3) is 10.8 Å². The summed E-state index contributed by atoms with van der Waals surface area (Å²) in [7, 11) is -4.58. The molecule has 0 saturated heterocycles. The van der Waals surface area contributed by atoms with Crippen molar-refractivity contribution in [1.82, 2.24) is 0 Å². The van der Waals surface area contributed by atoms with Crippen LogP contribution in [0.15, 0.2) is 35.2 Å². The number of rotatable bonds is 1. The van der Waals surface area contributed by atoms with Gasteiger partial charge in [0, 0.05) is 16.5 Å². The lowest BCUT2D eigenvalue weighted by molar-refractivity contribution is 0.464. The molecule has 0 amide bonds. The predicted molar refractivity (Wildman–Crippen MR) is 58.0 cm³/mol. The van der Waals surface area contributed by atoms with Crippen molar-refractivity contribution in [3.05, 3.63) is 30.3 Å². The first-order valence-electron chi connectivity index (χ1n) is 4.37. The number of hydrogen-bond acceptors (Lipinski definition) is 5. The van der Waals surface area contributed by atoms with E-state index in [-0.39, 0.29) is 27.1 Å². The first-order valence-corrected chi connectivity index (χ1v) is 5.78. The minimum atomic E-state index is -4.58. The highest BCUT2D eigenvalue weighted by atomic mass is 32.2. The largest absolute Gasteiger partial charge is 0.744 e. The van der Waals surface area contributed by atoms with Gasteiger partial charge in [0.25, 0.3) is 0 Å². The van der Waals surface area contributed by atoms with Crippen LogP contribution in [-0.2, 0) is 10.1 Å². The number of phenolic OH excluding ortho intramolecular Hbond substituents is 1. The Morgan fingerprint density at radius 2 is 1.88 bits per heavy atom. The standard InChI is InChI=1S/C10H9NO4S/c11-7-4-5-9(16(13,14)15)6-2-1-3-8(12)10(6)7/h1-5,12H,11H2,(H,13,14,15)/p-1. The molecule has 0 bridgehead atoms. The van der Waals surface area contributed by atoms with Crippen molar-refractivity contribution < 1.29 is 18.1 Å². The van der Waals surface area contributed by atoms with Crippen molar-refractivity contribution in [2.24, 2.45) is 0 Å². The average Bonchev–Trinajstić information content (AvgIpc) is 2.16. The van der Waals surface area contributed by atoms with Crippen LogP contribution in [0.3, 0.4) is 0 Å². The van der Waals surface area contributed by atoms with E-state index in [1.807, 2.05) is 0 Å². The zero-order chi connectivity index (χ0) is 11.9. The molecule has 0 unspecified atom stereocenters. The molecular formula is C10H8NO4S-. The summed E-state index contributed by atoms with van der Waals surface area (Å²) in [5, 5.41) is 9.88. The Balaban J connectivity index is 3.02. The van der Waals surface area contributed by atoms with E-state index in [1.54, 1.807) is 0 Å². The summed E-state index contributed by atoms with van der Waals surface area (Å²) in [6.07, 6.45) is 0. The average molecular weight is 238 g/mol. The highest BCUT2D eigenvalue weighted by molar-refractivity contribution is 7.86.